The normalized spacial score (nSPS) is 19.7. The molecular formula is C13H27NO4. The number of aliphatic hydroxyl groups is 1. The molecular weight excluding hydrogens is 234 g/mol. The van der Waals surface area contributed by atoms with Crippen molar-refractivity contribution in [2.75, 3.05) is 46.6 Å². The molecule has 1 aliphatic rings. The Hall–Kier alpha value is -0.200. The van der Waals surface area contributed by atoms with Gasteiger partial charge in [-0.25, -0.2) is 0 Å². The molecule has 18 heavy (non-hydrogen) atoms. The van der Waals surface area contributed by atoms with E-state index in [1.807, 2.05) is 20.9 Å². The highest BCUT2D eigenvalue weighted by atomic mass is 16.7. The van der Waals surface area contributed by atoms with Gasteiger partial charge in [0.25, 0.3) is 0 Å². The third-order valence-electron chi connectivity index (χ3n) is 3.15. The zero-order valence-corrected chi connectivity index (χ0v) is 11.9. The molecule has 0 bridgehead atoms. The van der Waals surface area contributed by atoms with Crippen molar-refractivity contribution in [1.82, 2.24) is 4.90 Å². The van der Waals surface area contributed by atoms with Gasteiger partial charge in [-0.2, -0.15) is 0 Å². The average molecular weight is 261 g/mol. The lowest BCUT2D eigenvalue weighted by Gasteiger charge is -2.36. The van der Waals surface area contributed by atoms with E-state index in [0.29, 0.717) is 52.4 Å². The van der Waals surface area contributed by atoms with Crippen molar-refractivity contribution in [2.45, 2.75) is 38.6 Å². The molecule has 0 aromatic heterocycles. The third-order valence-corrected chi connectivity index (χ3v) is 3.15. The summed E-state index contributed by atoms with van der Waals surface area (Å²) in [5.74, 6) is 0. The van der Waals surface area contributed by atoms with Crippen LogP contribution < -0.4 is 0 Å². The van der Waals surface area contributed by atoms with E-state index in [4.69, 9.17) is 14.2 Å². The summed E-state index contributed by atoms with van der Waals surface area (Å²) in [4.78, 5) is 2.07. The first-order valence-electron chi connectivity index (χ1n) is 6.81. The Kier molecular flexibility index (Phi) is 7.11. The summed E-state index contributed by atoms with van der Waals surface area (Å²) in [6, 6.07) is 0. The van der Waals surface area contributed by atoms with Crippen LogP contribution >= 0.6 is 0 Å². The number of hydrogen-bond acceptors (Lipinski definition) is 5. The smallest absolute Gasteiger partial charge is 0.170 e. The fourth-order valence-electron chi connectivity index (χ4n) is 2.26. The molecule has 1 heterocycles. The van der Waals surface area contributed by atoms with Crippen LogP contribution in [0.4, 0.5) is 0 Å². The van der Waals surface area contributed by atoms with E-state index in [-0.39, 0.29) is 6.29 Å². The van der Waals surface area contributed by atoms with Crippen molar-refractivity contribution in [3.8, 4) is 0 Å². The first kappa shape index (κ1) is 15.9. The monoisotopic (exact) mass is 261 g/mol. The Bertz CT molecular complexity index is 213. The number of ether oxygens (including phenoxy) is 3. The molecule has 0 aliphatic carbocycles. The van der Waals surface area contributed by atoms with E-state index >= 15 is 0 Å². The Morgan fingerprint density at radius 3 is 2.28 bits per heavy atom. The van der Waals surface area contributed by atoms with Crippen molar-refractivity contribution in [2.24, 2.45) is 0 Å². The summed E-state index contributed by atoms with van der Waals surface area (Å²) in [6.45, 7) is 7.77. The number of likely N-dealkylation sites (N-methyl/N-ethyl adjacent to an activating group) is 1. The second-order valence-electron chi connectivity index (χ2n) is 4.87. The van der Waals surface area contributed by atoms with Crippen molar-refractivity contribution >= 4 is 0 Å². The van der Waals surface area contributed by atoms with E-state index in [1.165, 1.54) is 0 Å². The summed E-state index contributed by atoms with van der Waals surface area (Å²) in [6.07, 6.45) is 1.18. The van der Waals surface area contributed by atoms with Crippen LogP contribution in [-0.2, 0) is 14.2 Å². The lowest BCUT2D eigenvalue weighted by Crippen LogP contribution is -2.47. The van der Waals surface area contributed by atoms with E-state index in [2.05, 4.69) is 4.90 Å². The highest BCUT2D eigenvalue weighted by Crippen LogP contribution is 2.21. The van der Waals surface area contributed by atoms with Gasteiger partial charge in [-0.3, -0.25) is 4.90 Å². The lowest BCUT2D eigenvalue weighted by molar-refractivity contribution is -0.152. The van der Waals surface area contributed by atoms with Crippen LogP contribution in [0.2, 0.25) is 0 Å². The van der Waals surface area contributed by atoms with Gasteiger partial charge in [0, 0.05) is 52.4 Å². The van der Waals surface area contributed by atoms with E-state index < -0.39 is 5.60 Å². The molecule has 1 fully saturated rings. The fraction of sp³-hybridized carbons (Fsp3) is 1.00. The fourth-order valence-corrected chi connectivity index (χ4v) is 2.26. The summed E-state index contributed by atoms with van der Waals surface area (Å²) >= 11 is 0. The highest BCUT2D eigenvalue weighted by Gasteiger charge is 2.31. The lowest BCUT2D eigenvalue weighted by atomic mass is 9.94. The predicted octanol–water partition coefficient (Wildman–Crippen LogP) is 0.859. The van der Waals surface area contributed by atoms with Gasteiger partial charge in [0.15, 0.2) is 6.29 Å². The molecule has 0 unspecified atom stereocenters. The Morgan fingerprint density at radius 2 is 1.78 bits per heavy atom. The molecule has 0 spiro atoms. The Balaban J connectivity index is 2.35. The minimum Gasteiger partial charge on any atom is -0.388 e. The molecule has 0 atom stereocenters. The molecule has 0 amide bonds. The minimum atomic E-state index is -0.629. The molecule has 0 saturated carbocycles. The molecule has 1 aliphatic heterocycles. The highest BCUT2D eigenvalue weighted by molar-refractivity contribution is 4.84. The molecule has 108 valence electrons. The van der Waals surface area contributed by atoms with Crippen LogP contribution in [0.5, 0.6) is 0 Å². The van der Waals surface area contributed by atoms with Crippen molar-refractivity contribution in [3.05, 3.63) is 0 Å². The summed E-state index contributed by atoms with van der Waals surface area (Å²) < 4.78 is 16.3. The van der Waals surface area contributed by atoms with Gasteiger partial charge in [-0.05, 0) is 20.9 Å². The minimum absolute atomic E-state index is 0.214. The molecule has 0 radical (unpaired) electrons. The van der Waals surface area contributed by atoms with Crippen molar-refractivity contribution < 1.29 is 19.3 Å². The first-order chi connectivity index (χ1) is 8.59. The SMILES string of the molecule is CCOC(CN(C)CC1(O)CCOCC1)OCC. The standard InChI is InChI=1S/C13H27NO4/c1-4-17-12(18-5-2)10-14(3)11-13(15)6-8-16-9-7-13/h12,15H,4-11H2,1-3H3. The third kappa shape index (κ3) is 5.63. The second kappa shape index (κ2) is 8.07. The van der Waals surface area contributed by atoms with Crippen molar-refractivity contribution in [3.63, 3.8) is 0 Å². The van der Waals surface area contributed by atoms with Crippen LogP contribution in [0.15, 0.2) is 0 Å². The van der Waals surface area contributed by atoms with E-state index in [1.54, 1.807) is 0 Å². The second-order valence-corrected chi connectivity index (χ2v) is 4.87. The van der Waals surface area contributed by atoms with Gasteiger partial charge in [-0.1, -0.05) is 0 Å². The maximum Gasteiger partial charge on any atom is 0.170 e. The number of rotatable bonds is 8. The van der Waals surface area contributed by atoms with Gasteiger partial charge < -0.3 is 19.3 Å². The quantitative estimate of drug-likeness (QED) is 0.657. The van der Waals surface area contributed by atoms with Crippen LogP contribution in [0.1, 0.15) is 26.7 Å². The summed E-state index contributed by atoms with van der Waals surface area (Å²) in [5, 5.41) is 10.4. The Morgan fingerprint density at radius 1 is 1.22 bits per heavy atom. The molecule has 1 rings (SSSR count). The number of hydrogen-bond donors (Lipinski definition) is 1. The van der Waals surface area contributed by atoms with Crippen LogP contribution in [0.25, 0.3) is 0 Å². The van der Waals surface area contributed by atoms with Crippen LogP contribution in [0.3, 0.4) is 0 Å². The van der Waals surface area contributed by atoms with Crippen molar-refractivity contribution in [1.29, 1.82) is 0 Å². The van der Waals surface area contributed by atoms with Gasteiger partial charge in [0.1, 0.15) is 0 Å². The molecule has 1 N–H and O–H groups in total. The molecule has 0 aromatic rings. The Labute approximate surface area is 110 Å². The first-order valence-corrected chi connectivity index (χ1v) is 6.81. The summed E-state index contributed by atoms with van der Waals surface area (Å²) in [7, 11) is 1.98. The average Bonchev–Trinajstić information content (AvgIpc) is 2.29. The molecule has 5 heteroatoms. The molecule has 5 nitrogen and oxygen atoms in total. The molecule has 1 saturated heterocycles. The largest absolute Gasteiger partial charge is 0.388 e. The molecule has 0 aromatic carbocycles. The van der Waals surface area contributed by atoms with E-state index in [9.17, 15) is 5.11 Å². The van der Waals surface area contributed by atoms with Crippen LogP contribution in [0, 0.1) is 0 Å². The van der Waals surface area contributed by atoms with Gasteiger partial charge >= 0.3 is 0 Å². The zero-order valence-electron chi connectivity index (χ0n) is 11.9. The van der Waals surface area contributed by atoms with Crippen LogP contribution in [-0.4, -0.2) is 68.5 Å². The maximum atomic E-state index is 10.4. The topological polar surface area (TPSA) is 51.2 Å². The van der Waals surface area contributed by atoms with Gasteiger partial charge in [-0.15, -0.1) is 0 Å². The van der Waals surface area contributed by atoms with Gasteiger partial charge in [0.2, 0.25) is 0 Å². The number of nitrogens with zero attached hydrogens (tertiary/aromatic N) is 1. The summed E-state index contributed by atoms with van der Waals surface area (Å²) in [5.41, 5.74) is -0.629. The maximum absolute atomic E-state index is 10.4. The van der Waals surface area contributed by atoms with Gasteiger partial charge in [0.05, 0.1) is 5.60 Å². The predicted molar refractivity (Wildman–Crippen MR) is 69.5 cm³/mol. The van der Waals surface area contributed by atoms with E-state index in [0.717, 1.165) is 0 Å². The zero-order chi connectivity index (χ0) is 13.4.